The fraction of sp³-hybridized carbons (Fsp3) is 0.364. The Hall–Kier alpha value is -0.840. The highest BCUT2D eigenvalue weighted by atomic mass is 79.9. The molecule has 0 saturated heterocycles. The maximum absolute atomic E-state index is 14.0. The second kappa shape index (κ2) is 3.32. The van der Waals surface area contributed by atoms with Crippen LogP contribution in [-0.2, 0) is 5.92 Å². The second-order valence-corrected chi connectivity index (χ2v) is 4.98. The molecule has 0 saturated carbocycles. The Kier molecular flexibility index (Phi) is 2.42. The zero-order chi connectivity index (χ0) is 12.1. The Bertz CT molecular complexity index is 480. The molecule has 0 aromatic heterocycles. The number of rotatable bonds is 0. The van der Waals surface area contributed by atoms with Gasteiger partial charge in [0.2, 0.25) is 0 Å². The zero-order valence-corrected chi connectivity index (χ0v) is 10.3. The molecular formula is C11H9BrF3N. The Balaban J connectivity index is 2.75. The molecule has 1 nitrogen and oxygen atoms in total. The van der Waals surface area contributed by atoms with Crippen molar-refractivity contribution in [2.45, 2.75) is 25.3 Å². The van der Waals surface area contributed by atoms with E-state index in [9.17, 15) is 13.2 Å². The number of aliphatic imine (C=N–C) groups is 1. The summed E-state index contributed by atoms with van der Waals surface area (Å²) >= 11 is 3.13. The summed E-state index contributed by atoms with van der Waals surface area (Å²) in [5.41, 5.74) is -1.66. The highest BCUT2D eigenvalue weighted by molar-refractivity contribution is 9.18. The van der Waals surface area contributed by atoms with Gasteiger partial charge in [0.1, 0.15) is 16.0 Å². The van der Waals surface area contributed by atoms with E-state index in [2.05, 4.69) is 20.9 Å². The summed E-state index contributed by atoms with van der Waals surface area (Å²) in [6.07, 6.45) is 0. The smallest absolute Gasteiger partial charge is 0.264 e. The zero-order valence-electron chi connectivity index (χ0n) is 8.69. The summed E-state index contributed by atoms with van der Waals surface area (Å²) < 4.78 is 41.4. The van der Waals surface area contributed by atoms with Crippen molar-refractivity contribution < 1.29 is 13.2 Å². The number of nitrogens with zero attached hydrogens (tertiary/aromatic N) is 1. The molecule has 0 N–H and O–H groups in total. The lowest BCUT2D eigenvalue weighted by Gasteiger charge is -2.35. The van der Waals surface area contributed by atoms with E-state index in [-0.39, 0.29) is 11.1 Å². The minimum Gasteiger partial charge on any atom is -0.264 e. The van der Waals surface area contributed by atoms with Crippen LogP contribution in [0.5, 0.6) is 0 Å². The van der Waals surface area contributed by atoms with Gasteiger partial charge in [-0.15, -0.1) is 0 Å². The van der Waals surface area contributed by atoms with Crippen LogP contribution in [0.15, 0.2) is 23.2 Å². The quantitative estimate of drug-likeness (QED) is 0.688. The highest BCUT2D eigenvalue weighted by Crippen LogP contribution is 2.46. The molecule has 86 valence electrons. The largest absolute Gasteiger partial charge is 0.298 e. The summed E-state index contributed by atoms with van der Waals surface area (Å²) in [5.74, 6) is -3.85. The third-order valence-electron chi connectivity index (χ3n) is 2.69. The van der Waals surface area contributed by atoms with Crippen molar-refractivity contribution in [1.29, 1.82) is 0 Å². The number of hydrogen-bond acceptors (Lipinski definition) is 1. The Morgan fingerprint density at radius 2 is 1.88 bits per heavy atom. The third kappa shape index (κ3) is 1.49. The lowest BCUT2D eigenvalue weighted by Crippen LogP contribution is -2.43. The van der Waals surface area contributed by atoms with Gasteiger partial charge in [0.25, 0.3) is 5.92 Å². The number of benzene rings is 1. The molecule has 5 heteroatoms. The summed E-state index contributed by atoms with van der Waals surface area (Å²) in [6.45, 7) is 2.64. The van der Waals surface area contributed by atoms with Gasteiger partial charge in [0.05, 0.1) is 0 Å². The first-order valence-electron chi connectivity index (χ1n) is 4.69. The van der Waals surface area contributed by atoms with E-state index in [1.54, 1.807) is 0 Å². The van der Waals surface area contributed by atoms with E-state index in [1.165, 1.54) is 19.9 Å². The Morgan fingerprint density at radius 1 is 1.25 bits per heavy atom. The van der Waals surface area contributed by atoms with Gasteiger partial charge < -0.3 is 0 Å². The molecule has 0 fully saturated rings. The number of fused-ring (bicyclic) bond motifs is 1. The van der Waals surface area contributed by atoms with Gasteiger partial charge in [-0.1, -0.05) is 0 Å². The third-order valence-corrected chi connectivity index (χ3v) is 3.29. The number of halogens is 4. The molecule has 0 radical (unpaired) electrons. The van der Waals surface area contributed by atoms with E-state index in [4.69, 9.17) is 0 Å². The Labute approximate surface area is 99.5 Å². The molecule has 0 bridgehead atoms. The normalized spacial score (nSPS) is 21.2. The van der Waals surface area contributed by atoms with Gasteiger partial charge in [0.15, 0.2) is 0 Å². The molecule has 1 aliphatic heterocycles. The van der Waals surface area contributed by atoms with Crippen molar-refractivity contribution in [1.82, 2.24) is 0 Å². The molecular weight excluding hydrogens is 283 g/mol. The summed E-state index contributed by atoms with van der Waals surface area (Å²) in [4.78, 5) is 3.90. The van der Waals surface area contributed by atoms with Gasteiger partial charge in [-0.3, -0.25) is 4.99 Å². The van der Waals surface area contributed by atoms with Crippen LogP contribution in [0.4, 0.5) is 13.2 Å². The monoisotopic (exact) mass is 291 g/mol. The van der Waals surface area contributed by atoms with Crippen LogP contribution in [0.25, 0.3) is 0 Å². The van der Waals surface area contributed by atoms with Crippen molar-refractivity contribution in [2.75, 3.05) is 0 Å². The molecule has 1 aromatic rings. The summed E-state index contributed by atoms with van der Waals surface area (Å²) in [6, 6.07) is 3.32. The van der Waals surface area contributed by atoms with E-state index in [0.29, 0.717) is 4.62 Å². The van der Waals surface area contributed by atoms with E-state index in [0.717, 1.165) is 12.1 Å². The minimum absolute atomic E-state index is 0.241. The van der Waals surface area contributed by atoms with E-state index < -0.39 is 17.3 Å². The molecule has 0 amide bonds. The first kappa shape index (κ1) is 11.6. The predicted octanol–water partition coefficient (Wildman–Crippen LogP) is 3.85. The van der Waals surface area contributed by atoms with Crippen molar-refractivity contribution in [3.63, 3.8) is 0 Å². The van der Waals surface area contributed by atoms with Gasteiger partial charge in [-0.05, 0) is 48.0 Å². The van der Waals surface area contributed by atoms with Crippen molar-refractivity contribution in [3.8, 4) is 0 Å². The average molecular weight is 292 g/mol. The standard InChI is InChI=1S/C11H9BrF3N/c1-10(2)11(14,15)8-5-6(13)3-4-7(8)9(12)16-10/h3-5H,1-2H3. The Morgan fingerprint density at radius 3 is 2.50 bits per heavy atom. The van der Waals surface area contributed by atoms with Crippen LogP contribution >= 0.6 is 15.9 Å². The van der Waals surface area contributed by atoms with E-state index >= 15 is 0 Å². The first-order valence-corrected chi connectivity index (χ1v) is 5.48. The van der Waals surface area contributed by atoms with Crippen LogP contribution < -0.4 is 0 Å². The number of alkyl halides is 2. The van der Waals surface area contributed by atoms with Crippen LogP contribution in [0.1, 0.15) is 25.0 Å². The van der Waals surface area contributed by atoms with Gasteiger partial charge >= 0.3 is 0 Å². The number of hydrogen-bond donors (Lipinski definition) is 0. The van der Waals surface area contributed by atoms with E-state index in [1.807, 2.05) is 0 Å². The minimum atomic E-state index is -3.18. The molecule has 1 aliphatic rings. The van der Waals surface area contributed by atoms with Gasteiger partial charge in [-0.2, -0.15) is 8.78 Å². The SMILES string of the molecule is CC1(C)N=C(Br)c2ccc(F)cc2C1(F)F. The van der Waals surface area contributed by atoms with Crippen molar-refractivity contribution in [2.24, 2.45) is 4.99 Å². The molecule has 0 spiro atoms. The predicted molar refractivity (Wildman–Crippen MR) is 59.8 cm³/mol. The molecule has 0 unspecified atom stereocenters. The molecule has 2 rings (SSSR count). The fourth-order valence-corrected chi connectivity index (χ4v) is 2.45. The first-order chi connectivity index (χ1) is 7.25. The lowest BCUT2D eigenvalue weighted by molar-refractivity contribution is -0.0681. The lowest BCUT2D eigenvalue weighted by atomic mass is 9.85. The molecule has 0 atom stereocenters. The maximum atomic E-state index is 14.0. The fourth-order valence-electron chi connectivity index (χ4n) is 1.66. The van der Waals surface area contributed by atoms with Gasteiger partial charge in [0, 0.05) is 11.1 Å². The average Bonchev–Trinajstić information content (AvgIpc) is 2.14. The van der Waals surface area contributed by atoms with Crippen LogP contribution in [0, 0.1) is 5.82 Å². The summed E-state index contributed by atoms with van der Waals surface area (Å²) in [5, 5.41) is 0. The van der Waals surface area contributed by atoms with Crippen LogP contribution in [0.3, 0.4) is 0 Å². The van der Waals surface area contributed by atoms with Crippen molar-refractivity contribution in [3.05, 3.63) is 35.1 Å². The molecule has 1 heterocycles. The highest BCUT2D eigenvalue weighted by Gasteiger charge is 2.52. The second-order valence-electron chi connectivity index (χ2n) is 4.23. The maximum Gasteiger partial charge on any atom is 0.298 e. The topological polar surface area (TPSA) is 12.4 Å². The summed E-state index contributed by atoms with van der Waals surface area (Å²) in [7, 11) is 0. The molecule has 1 aromatic carbocycles. The molecule has 0 aliphatic carbocycles. The van der Waals surface area contributed by atoms with Gasteiger partial charge in [-0.25, -0.2) is 4.39 Å². The van der Waals surface area contributed by atoms with Crippen molar-refractivity contribution >= 4 is 20.6 Å². The molecule has 16 heavy (non-hydrogen) atoms. The van der Waals surface area contributed by atoms with Crippen LogP contribution in [0.2, 0.25) is 0 Å². The van der Waals surface area contributed by atoms with Crippen LogP contribution in [-0.4, -0.2) is 10.2 Å².